The van der Waals surface area contributed by atoms with E-state index in [1.807, 2.05) is 0 Å². The molecule has 18 heavy (non-hydrogen) atoms. The van der Waals surface area contributed by atoms with Crippen LogP contribution in [0, 0.1) is 5.92 Å². The zero-order chi connectivity index (χ0) is 13.0. The van der Waals surface area contributed by atoms with Crippen LogP contribution in [-0.4, -0.2) is 24.7 Å². The van der Waals surface area contributed by atoms with E-state index in [9.17, 15) is 4.79 Å². The number of ether oxygens (including phenoxy) is 1. The molecule has 1 N–H and O–H groups in total. The molecular formula is C15H27NO2. The minimum Gasteiger partial charge on any atom is -0.468 e. The Morgan fingerprint density at radius 2 is 2.00 bits per heavy atom. The molecule has 0 heterocycles. The Balaban J connectivity index is 2.03. The molecule has 2 rings (SSSR count). The molecule has 104 valence electrons. The minimum absolute atomic E-state index is 0.0379. The highest BCUT2D eigenvalue weighted by molar-refractivity contribution is 5.81. The van der Waals surface area contributed by atoms with E-state index >= 15 is 0 Å². The molecule has 0 radical (unpaired) electrons. The summed E-state index contributed by atoms with van der Waals surface area (Å²) in [6.07, 6.45) is 10.6. The highest BCUT2D eigenvalue weighted by atomic mass is 16.5. The molecule has 0 aliphatic heterocycles. The van der Waals surface area contributed by atoms with E-state index in [0.717, 1.165) is 19.3 Å². The molecule has 0 bridgehead atoms. The summed E-state index contributed by atoms with van der Waals surface area (Å²) < 4.78 is 5.07. The Morgan fingerprint density at radius 1 is 1.28 bits per heavy atom. The minimum atomic E-state index is -0.378. The molecule has 3 nitrogen and oxygen atoms in total. The Kier molecular flexibility index (Phi) is 4.66. The number of esters is 1. The largest absolute Gasteiger partial charge is 0.468 e. The summed E-state index contributed by atoms with van der Waals surface area (Å²) in [5.74, 6) is 0.643. The molecule has 0 spiro atoms. The fourth-order valence-corrected chi connectivity index (χ4v) is 3.70. The predicted octanol–water partition coefficient (Wildman–Crippen LogP) is 3.03. The average molecular weight is 253 g/mol. The van der Waals surface area contributed by atoms with Gasteiger partial charge in [0.25, 0.3) is 0 Å². The lowest BCUT2D eigenvalue weighted by atomic mass is 9.89. The summed E-state index contributed by atoms with van der Waals surface area (Å²) in [7, 11) is 1.52. The molecular weight excluding hydrogens is 226 g/mol. The van der Waals surface area contributed by atoms with E-state index < -0.39 is 0 Å². The van der Waals surface area contributed by atoms with Crippen molar-refractivity contribution >= 4 is 5.97 Å². The summed E-state index contributed by atoms with van der Waals surface area (Å²) in [6.45, 7) is 2.22. The highest BCUT2D eigenvalue weighted by Gasteiger charge is 2.46. The van der Waals surface area contributed by atoms with E-state index in [0.29, 0.717) is 12.0 Å². The van der Waals surface area contributed by atoms with Crippen molar-refractivity contribution in [2.24, 2.45) is 5.92 Å². The van der Waals surface area contributed by atoms with Crippen molar-refractivity contribution in [3.63, 3.8) is 0 Å². The molecule has 0 aromatic heterocycles. The van der Waals surface area contributed by atoms with E-state index in [-0.39, 0.29) is 11.5 Å². The third kappa shape index (κ3) is 2.87. The molecule has 2 unspecified atom stereocenters. The molecule has 2 fully saturated rings. The number of carbonyl (C=O) groups excluding carboxylic acids is 1. The first-order valence-corrected chi connectivity index (χ1v) is 7.56. The van der Waals surface area contributed by atoms with Crippen LogP contribution in [0.2, 0.25) is 0 Å². The average Bonchev–Trinajstić information content (AvgIpc) is 2.83. The molecule has 0 saturated heterocycles. The second kappa shape index (κ2) is 6.05. The molecule has 2 saturated carbocycles. The number of nitrogens with one attached hydrogen (secondary N) is 1. The van der Waals surface area contributed by atoms with Crippen LogP contribution in [0.25, 0.3) is 0 Å². The van der Waals surface area contributed by atoms with Gasteiger partial charge in [0, 0.05) is 6.04 Å². The number of hydrogen-bond donors (Lipinski definition) is 1. The molecule has 3 heteroatoms. The fourth-order valence-electron chi connectivity index (χ4n) is 3.70. The van der Waals surface area contributed by atoms with Crippen molar-refractivity contribution in [2.45, 2.75) is 76.3 Å². The van der Waals surface area contributed by atoms with Gasteiger partial charge in [0.2, 0.25) is 0 Å². The second-order valence-electron chi connectivity index (χ2n) is 6.07. The lowest BCUT2D eigenvalue weighted by Gasteiger charge is -2.34. The van der Waals surface area contributed by atoms with Gasteiger partial charge >= 0.3 is 5.97 Å². The standard InChI is InChI=1S/C15H27NO2/c1-3-12-9-10-15(11-12,14(17)18-2)16-13-7-5-4-6-8-13/h12-13,16H,3-11H2,1-2H3. The van der Waals surface area contributed by atoms with Crippen LogP contribution in [0.3, 0.4) is 0 Å². The van der Waals surface area contributed by atoms with Crippen molar-refractivity contribution in [1.82, 2.24) is 5.32 Å². The van der Waals surface area contributed by atoms with Gasteiger partial charge in [-0.2, -0.15) is 0 Å². The summed E-state index contributed by atoms with van der Waals surface area (Å²) in [5, 5.41) is 3.67. The first-order chi connectivity index (χ1) is 8.70. The van der Waals surface area contributed by atoms with E-state index in [1.54, 1.807) is 0 Å². The Hall–Kier alpha value is -0.570. The summed E-state index contributed by atoms with van der Waals surface area (Å²) in [5.41, 5.74) is -0.378. The third-order valence-electron chi connectivity index (χ3n) is 4.86. The molecule has 0 aromatic carbocycles. The van der Waals surface area contributed by atoms with Crippen LogP contribution >= 0.6 is 0 Å². The normalized spacial score (nSPS) is 33.6. The first kappa shape index (κ1) is 13.9. The maximum atomic E-state index is 12.2. The Morgan fingerprint density at radius 3 is 2.56 bits per heavy atom. The predicted molar refractivity (Wildman–Crippen MR) is 72.4 cm³/mol. The fraction of sp³-hybridized carbons (Fsp3) is 0.933. The van der Waals surface area contributed by atoms with Crippen LogP contribution < -0.4 is 5.32 Å². The van der Waals surface area contributed by atoms with Crippen LogP contribution in [0.15, 0.2) is 0 Å². The molecule has 2 aliphatic rings. The van der Waals surface area contributed by atoms with Gasteiger partial charge in [0.15, 0.2) is 0 Å². The van der Waals surface area contributed by atoms with Crippen molar-refractivity contribution < 1.29 is 9.53 Å². The first-order valence-electron chi connectivity index (χ1n) is 7.56. The monoisotopic (exact) mass is 253 g/mol. The van der Waals surface area contributed by atoms with Crippen LogP contribution in [-0.2, 0) is 9.53 Å². The van der Waals surface area contributed by atoms with Gasteiger partial charge in [0.05, 0.1) is 7.11 Å². The zero-order valence-electron chi connectivity index (χ0n) is 11.8. The molecule has 0 amide bonds. The third-order valence-corrected chi connectivity index (χ3v) is 4.86. The van der Waals surface area contributed by atoms with E-state index in [2.05, 4.69) is 12.2 Å². The van der Waals surface area contributed by atoms with Crippen LogP contribution in [0.5, 0.6) is 0 Å². The maximum Gasteiger partial charge on any atom is 0.326 e. The van der Waals surface area contributed by atoms with Crippen LogP contribution in [0.4, 0.5) is 0 Å². The summed E-state index contributed by atoms with van der Waals surface area (Å²) in [6, 6.07) is 0.522. The smallest absolute Gasteiger partial charge is 0.326 e. The number of hydrogen-bond acceptors (Lipinski definition) is 3. The number of methoxy groups -OCH3 is 1. The van der Waals surface area contributed by atoms with Crippen molar-refractivity contribution in [2.75, 3.05) is 7.11 Å². The van der Waals surface area contributed by atoms with E-state index in [1.165, 1.54) is 45.6 Å². The Bertz CT molecular complexity index is 286. The topological polar surface area (TPSA) is 38.3 Å². The van der Waals surface area contributed by atoms with Gasteiger partial charge in [-0.15, -0.1) is 0 Å². The van der Waals surface area contributed by atoms with Crippen molar-refractivity contribution in [3.05, 3.63) is 0 Å². The number of carbonyl (C=O) groups is 1. The van der Waals surface area contributed by atoms with Gasteiger partial charge < -0.3 is 4.74 Å². The van der Waals surface area contributed by atoms with E-state index in [4.69, 9.17) is 4.74 Å². The second-order valence-corrected chi connectivity index (χ2v) is 6.07. The van der Waals surface area contributed by atoms with Crippen molar-refractivity contribution in [3.8, 4) is 0 Å². The Labute approximate surface area is 111 Å². The lowest BCUT2D eigenvalue weighted by Crippen LogP contribution is -2.55. The lowest BCUT2D eigenvalue weighted by molar-refractivity contribution is -0.149. The molecule has 2 atom stereocenters. The molecule has 2 aliphatic carbocycles. The zero-order valence-corrected chi connectivity index (χ0v) is 11.8. The quantitative estimate of drug-likeness (QED) is 0.783. The molecule has 0 aromatic rings. The highest BCUT2D eigenvalue weighted by Crippen LogP contribution is 2.38. The summed E-state index contributed by atoms with van der Waals surface area (Å²) >= 11 is 0. The van der Waals surface area contributed by atoms with Gasteiger partial charge in [-0.3, -0.25) is 10.1 Å². The summed E-state index contributed by atoms with van der Waals surface area (Å²) in [4.78, 5) is 12.2. The van der Waals surface area contributed by atoms with Gasteiger partial charge in [-0.05, 0) is 38.0 Å². The maximum absolute atomic E-state index is 12.2. The van der Waals surface area contributed by atoms with Crippen molar-refractivity contribution in [1.29, 1.82) is 0 Å². The van der Waals surface area contributed by atoms with Gasteiger partial charge in [0.1, 0.15) is 5.54 Å². The van der Waals surface area contributed by atoms with Gasteiger partial charge in [-0.25, -0.2) is 0 Å². The van der Waals surface area contributed by atoms with Gasteiger partial charge in [-0.1, -0.05) is 32.6 Å². The van der Waals surface area contributed by atoms with Crippen LogP contribution in [0.1, 0.15) is 64.7 Å². The SMILES string of the molecule is CCC1CCC(NC2CCCCC2)(C(=O)OC)C1. The number of rotatable bonds is 4.